The molecule has 0 aromatic heterocycles. The van der Waals surface area contributed by atoms with E-state index in [1.807, 2.05) is 0 Å². The fraction of sp³-hybridized carbons (Fsp3) is 0.714. The first-order valence-electron chi connectivity index (χ1n) is 9.61. The van der Waals surface area contributed by atoms with Crippen molar-refractivity contribution in [1.82, 2.24) is 4.48 Å². The van der Waals surface area contributed by atoms with Crippen LogP contribution in [0, 0.1) is 6.92 Å². The smallest absolute Gasteiger partial charge is 0.132 e. The minimum absolute atomic E-state index is 1.15. The molecule has 0 radical (unpaired) electrons. The fourth-order valence-corrected chi connectivity index (χ4v) is 3.44. The van der Waals surface area contributed by atoms with Crippen LogP contribution in [0.4, 0.5) is 5.69 Å². The molecule has 126 valence electrons. The van der Waals surface area contributed by atoms with Crippen LogP contribution in [0.5, 0.6) is 0 Å². The van der Waals surface area contributed by atoms with E-state index in [1.165, 1.54) is 82.3 Å². The molecule has 22 heavy (non-hydrogen) atoms. The van der Waals surface area contributed by atoms with Crippen molar-refractivity contribution in [3.63, 3.8) is 0 Å². The van der Waals surface area contributed by atoms with Gasteiger partial charge >= 0.3 is 0 Å². The maximum Gasteiger partial charge on any atom is 0.132 e. The molecule has 0 aliphatic heterocycles. The van der Waals surface area contributed by atoms with Gasteiger partial charge in [0.05, 0.1) is 19.6 Å². The average molecular weight is 305 g/mol. The zero-order valence-corrected chi connectivity index (χ0v) is 15.5. The Morgan fingerprint density at radius 3 is 1.68 bits per heavy atom. The van der Waals surface area contributed by atoms with Gasteiger partial charge in [0.15, 0.2) is 0 Å². The predicted molar refractivity (Wildman–Crippen MR) is 102 cm³/mol. The van der Waals surface area contributed by atoms with Gasteiger partial charge in [0, 0.05) is 0 Å². The summed E-state index contributed by atoms with van der Waals surface area (Å²) in [7, 11) is 0. The number of nitrogens with zero attached hydrogens (tertiary/aromatic N) is 1. The first-order valence-corrected chi connectivity index (χ1v) is 9.61. The molecule has 1 aromatic rings. The van der Waals surface area contributed by atoms with Crippen molar-refractivity contribution in [3.8, 4) is 0 Å². The zero-order valence-electron chi connectivity index (χ0n) is 15.5. The van der Waals surface area contributed by atoms with E-state index in [0.29, 0.717) is 0 Å². The number of quaternary nitrogens is 1. The summed E-state index contributed by atoms with van der Waals surface area (Å²) >= 11 is 0. The van der Waals surface area contributed by atoms with Crippen molar-refractivity contribution in [2.75, 3.05) is 19.6 Å². The van der Waals surface area contributed by atoms with Gasteiger partial charge in [-0.3, -0.25) is 4.48 Å². The summed E-state index contributed by atoms with van der Waals surface area (Å²) in [6, 6.07) is 9.21. The first kappa shape index (κ1) is 19.2. The van der Waals surface area contributed by atoms with Crippen molar-refractivity contribution in [3.05, 3.63) is 29.8 Å². The van der Waals surface area contributed by atoms with E-state index in [-0.39, 0.29) is 0 Å². The maximum atomic E-state index is 2.34. The molecule has 0 fully saturated rings. The Balaban J connectivity index is 2.39. The minimum Gasteiger partial charge on any atom is -0.292 e. The van der Waals surface area contributed by atoms with Crippen molar-refractivity contribution in [1.29, 1.82) is 0 Å². The fourth-order valence-electron chi connectivity index (χ4n) is 3.44. The Morgan fingerprint density at radius 2 is 1.18 bits per heavy atom. The minimum atomic E-state index is 1.15. The molecule has 1 heteroatoms. The number of benzene rings is 1. The van der Waals surface area contributed by atoms with E-state index in [0.717, 1.165) is 4.48 Å². The molecule has 0 saturated carbocycles. The van der Waals surface area contributed by atoms with E-state index < -0.39 is 0 Å². The monoisotopic (exact) mass is 304 g/mol. The van der Waals surface area contributed by atoms with Crippen LogP contribution < -0.4 is 4.48 Å². The van der Waals surface area contributed by atoms with Crippen LogP contribution in [0.3, 0.4) is 0 Å². The molecule has 1 aromatic carbocycles. The summed E-state index contributed by atoms with van der Waals surface area (Å²) in [4.78, 5) is 0. The van der Waals surface area contributed by atoms with E-state index in [1.54, 1.807) is 0 Å². The zero-order chi connectivity index (χ0) is 16.3. The third kappa shape index (κ3) is 6.12. The standard InChI is InChI=1S/C21H38N/c1-5-8-9-10-11-12-13-14-19-22(6-2,7-3)21-17-15-20(4)16-18-21/h15-18H,5-14,19H2,1-4H3/q+1. The van der Waals surface area contributed by atoms with Gasteiger partial charge in [-0.2, -0.15) is 0 Å². The lowest BCUT2D eigenvalue weighted by molar-refractivity contribution is 0.291. The Bertz CT molecular complexity index is 375. The van der Waals surface area contributed by atoms with Gasteiger partial charge in [-0.1, -0.05) is 63.1 Å². The van der Waals surface area contributed by atoms with Crippen LogP contribution in [-0.2, 0) is 0 Å². The molecule has 1 rings (SSSR count). The Labute approximate surface area is 139 Å². The van der Waals surface area contributed by atoms with Crippen LogP contribution >= 0.6 is 0 Å². The number of unbranched alkanes of at least 4 members (excludes halogenated alkanes) is 7. The summed E-state index contributed by atoms with van der Waals surface area (Å²) in [5.74, 6) is 0. The molecule has 1 nitrogen and oxygen atoms in total. The predicted octanol–water partition coefficient (Wildman–Crippen LogP) is 6.48. The van der Waals surface area contributed by atoms with Crippen molar-refractivity contribution >= 4 is 5.69 Å². The topological polar surface area (TPSA) is 0 Å². The van der Waals surface area contributed by atoms with Gasteiger partial charge in [-0.05, 0) is 45.7 Å². The Kier molecular flexibility index (Phi) is 9.47. The molecular formula is C21H38N+. The van der Waals surface area contributed by atoms with Gasteiger partial charge in [0.1, 0.15) is 5.69 Å². The lowest BCUT2D eigenvalue weighted by Gasteiger charge is -2.36. The summed E-state index contributed by atoms with van der Waals surface area (Å²) < 4.78 is 1.15. The van der Waals surface area contributed by atoms with Crippen molar-refractivity contribution < 1.29 is 0 Å². The number of hydrogen-bond acceptors (Lipinski definition) is 0. The lowest BCUT2D eigenvalue weighted by Crippen LogP contribution is -2.49. The number of hydrogen-bond donors (Lipinski definition) is 0. The second kappa shape index (κ2) is 10.8. The van der Waals surface area contributed by atoms with Crippen LogP contribution in [0.1, 0.15) is 77.7 Å². The maximum absolute atomic E-state index is 2.34. The van der Waals surface area contributed by atoms with Crippen LogP contribution in [0.25, 0.3) is 0 Å². The molecule has 0 amide bonds. The lowest BCUT2D eigenvalue weighted by atomic mass is 10.1. The normalized spacial score (nSPS) is 11.8. The van der Waals surface area contributed by atoms with Crippen LogP contribution in [0.2, 0.25) is 0 Å². The highest BCUT2D eigenvalue weighted by atomic mass is 15.3. The molecule has 0 saturated heterocycles. The Morgan fingerprint density at radius 1 is 0.682 bits per heavy atom. The molecular weight excluding hydrogens is 266 g/mol. The largest absolute Gasteiger partial charge is 0.292 e. The molecule has 0 atom stereocenters. The van der Waals surface area contributed by atoms with Crippen LogP contribution in [0.15, 0.2) is 24.3 Å². The number of rotatable bonds is 12. The SMILES string of the molecule is CCCCCCCCCC[N+](CC)(CC)c1ccc(C)cc1. The van der Waals surface area contributed by atoms with Gasteiger partial charge in [0.2, 0.25) is 0 Å². The molecule has 0 aliphatic carbocycles. The van der Waals surface area contributed by atoms with E-state index >= 15 is 0 Å². The second-order valence-corrected chi connectivity index (χ2v) is 6.81. The van der Waals surface area contributed by atoms with E-state index in [2.05, 4.69) is 52.0 Å². The molecule has 0 aliphatic rings. The van der Waals surface area contributed by atoms with Crippen molar-refractivity contribution in [2.45, 2.75) is 79.1 Å². The van der Waals surface area contributed by atoms with Gasteiger partial charge in [0.25, 0.3) is 0 Å². The molecule has 0 spiro atoms. The summed E-state index contributed by atoms with van der Waals surface area (Å²) in [5.41, 5.74) is 2.86. The first-order chi connectivity index (χ1) is 10.7. The second-order valence-electron chi connectivity index (χ2n) is 6.81. The molecule has 0 N–H and O–H groups in total. The third-order valence-corrected chi connectivity index (χ3v) is 5.23. The van der Waals surface area contributed by atoms with Gasteiger partial charge < -0.3 is 0 Å². The summed E-state index contributed by atoms with van der Waals surface area (Å²) in [6.07, 6.45) is 11.3. The van der Waals surface area contributed by atoms with Crippen LogP contribution in [-0.4, -0.2) is 19.6 Å². The van der Waals surface area contributed by atoms with E-state index in [4.69, 9.17) is 0 Å². The van der Waals surface area contributed by atoms with E-state index in [9.17, 15) is 0 Å². The third-order valence-electron chi connectivity index (χ3n) is 5.23. The van der Waals surface area contributed by atoms with Crippen molar-refractivity contribution in [2.24, 2.45) is 0 Å². The highest BCUT2D eigenvalue weighted by Crippen LogP contribution is 2.24. The van der Waals surface area contributed by atoms with Gasteiger partial charge in [-0.15, -0.1) is 0 Å². The summed E-state index contributed by atoms with van der Waals surface area (Å²) in [6.45, 7) is 12.9. The average Bonchev–Trinajstić information content (AvgIpc) is 2.55. The van der Waals surface area contributed by atoms with Gasteiger partial charge in [-0.25, -0.2) is 0 Å². The quantitative estimate of drug-likeness (QED) is 0.306. The molecule has 0 unspecified atom stereocenters. The Hall–Kier alpha value is -0.820. The highest BCUT2D eigenvalue weighted by Gasteiger charge is 2.25. The highest BCUT2D eigenvalue weighted by molar-refractivity contribution is 5.44. The number of aryl methyl sites for hydroxylation is 1. The summed E-state index contributed by atoms with van der Waals surface area (Å²) in [5, 5.41) is 0. The molecule has 0 bridgehead atoms. The molecule has 0 heterocycles.